The van der Waals surface area contributed by atoms with Crippen LogP contribution in [-0.4, -0.2) is 31.4 Å². The van der Waals surface area contributed by atoms with E-state index in [1.54, 1.807) is 31.2 Å². The topological polar surface area (TPSA) is 81.7 Å². The molecule has 0 unspecified atom stereocenters. The van der Waals surface area contributed by atoms with Gasteiger partial charge in [0.05, 0.1) is 22.8 Å². The third kappa shape index (κ3) is 5.21. The predicted octanol–water partition coefficient (Wildman–Crippen LogP) is 4.39. The van der Waals surface area contributed by atoms with E-state index in [-0.39, 0.29) is 39.2 Å². The maximum Gasteiger partial charge on any atom is 0.342 e. The van der Waals surface area contributed by atoms with E-state index in [1.807, 2.05) is 0 Å². The third-order valence-corrected chi connectivity index (χ3v) is 4.26. The first-order valence-electron chi connectivity index (χ1n) is 7.99. The van der Waals surface area contributed by atoms with Crippen LogP contribution in [0, 0.1) is 0 Å². The van der Waals surface area contributed by atoms with Crippen molar-refractivity contribution in [3.63, 3.8) is 0 Å². The molecule has 27 heavy (non-hydrogen) atoms. The molecule has 0 spiro atoms. The fraction of sp³-hybridized carbons (Fsp3) is 0.211. The molecule has 6 nitrogen and oxygen atoms in total. The van der Waals surface area contributed by atoms with Crippen LogP contribution in [0.3, 0.4) is 0 Å². The molecule has 1 N–H and O–H groups in total. The summed E-state index contributed by atoms with van der Waals surface area (Å²) in [6, 6.07) is 9.20. The van der Waals surface area contributed by atoms with Gasteiger partial charge in [-0.1, -0.05) is 42.3 Å². The zero-order valence-corrected chi connectivity index (χ0v) is 16.2. The Morgan fingerprint density at radius 3 is 2.37 bits per heavy atom. The Balaban J connectivity index is 2.16. The number of anilines is 1. The summed E-state index contributed by atoms with van der Waals surface area (Å²) in [5.74, 6) is -1.31. The number of halogens is 2. The average molecular weight is 410 g/mol. The number of hydrogen-bond donors (Lipinski definition) is 1. The van der Waals surface area contributed by atoms with E-state index in [0.29, 0.717) is 5.69 Å². The van der Waals surface area contributed by atoms with Gasteiger partial charge in [0, 0.05) is 18.1 Å². The third-order valence-electron chi connectivity index (χ3n) is 3.61. The Morgan fingerprint density at radius 2 is 1.74 bits per heavy atom. The SMILES string of the molecule is CCC(=O)Nc1cc(OC)c(C(=O)OCC(=O)c2ccccc2Cl)cc1Cl. The molecule has 0 heterocycles. The first-order chi connectivity index (χ1) is 12.9. The summed E-state index contributed by atoms with van der Waals surface area (Å²) in [5, 5.41) is 3.02. The van der Waals surface area contributed by atoms with Crippen LogP contribution in [0.5, 0.6) is 5.75 Å². The molecule has 2 rings (SSSR count). The van der Waals surface area contributed by atoms with Crippen molar-refractivity contribution in [2.75, 3.05) is 19.0 Å². The Morgan fingerprint density at radius 1 is 1.04 bits per heavy atom. The number of ether oxygens (including phenoxy) is 2. The number of Topliss-reactive ketones (excluding diaryl/α,β-unsaturated/α-hetero) is 1. The van der Waals surface area contributed by atoms with Gasteiger partial charge in [-0.2, -0.15) is 0 Å². The standard InChI is InChI=1S/C19H17Cl2NO5/c1-3-18(24)22-15-9-17(26-2)12(8-14(15)21)19(25)27-10-16(23)11-6-4-5-7-13(11)20/h4-9H,3,10H2,1-2H3,(H,22,24). The van der Waals surface area contributed by atoms with Gasteiger partial charge in [0.15, 0.2) is 6.61 Å². The summed E-state index contributed by atoms with van der Waals surface area (Å²) in [7, 11) is 1.36. The molecule has 0 saturated heterocycles. The van der Waals surface area contributed by atoms with Gasteiger partial charge < -0.3 is 14.8 Å². The minimum absolute atomic E-state index is 0.0314. The smallest absolute Gasteiger partial charge is 0.342 e. The number of hydrogen-bond acceptors (Lipinski definition) is 5. The van der Waals surface area contributed by atoms with Gasteiger partial charge in [0.25, 0.3) is 0 Å². The lowest BCUT2D eigenvalue weighted by molar-refractivity contribution is -0.115. The summed E-state index contributed by atoms with van der Waals surface area (Å²) in [6.07, 6.45) is 0.270. The van der Waals surface area contributed by atoms with Crippen molar-refractivity contribution in [3.8, 4) is 5.75 Å². The molecule has 0 radical (unpaired) electrons. The molecule has 1 amide bonds. The lowest BCUT2D eigenvalue weighted by Crippen LogP contribution is -2.16. The molecular weight excluding hydrogens is 393 g/mol. The molecule has 2 aromatic rings. The highest BCUT2D eigenvalue weighted by Gasteiger charge is 2.20. The minimum atomic E-state index is -0.789. The molecule has 0 atom stereocenters. The second-order valence-electron chi connectivity index (χ2n) is 5.41. The molecule has 0 bridgehead atoms. The number of ketones is 1. The van der Waals surface area contributed by atoms with Crippen LogP contribution in [0.4, 0.5) is 5.69 Å². The fourth-order valence-corrected chi connectivity index (χ4v) is 2.64. The second kappa shape index (κ2) is 9.39. The van der Waals surface area contributed by atoms with Crippen LogP contribution in [0.2, 0.25) is 10.0 Å². The van der Waals surface area contributed by atoms with Gasteiger partial charge in [-0.15, -0.1) is 0 Å². The molecule has 142 valence electrons. The van der Waals surface area contributed by atoms with Gasteiger partial charge in [-0.3, -0.25) is 9.59 Å². The highest BCUT2D eigenvalue weighted by atomic mass is 35.5. The van der Waals surface area contributed by atoms with Gasteiger partial charge in [0.1, 0.15) is 11.3 Å². The summed E-state index contributed by atoms with van der Waals surface area (Å²) in [4.78, 5) is 36.1. The lowest BCUT2D eigenvalue weighted by Gasteiger charge is -2.13. The average Bonchev–Trinajstić information content (AvgIpc) is 2.67. The molecule has 0 aliphatic carbocycles. The summed E-state index contributed by atoms with van der Waals surface area (Å²) >= 11 is 12.1. The molecule has 0 fully saturated rings. The number of nitrogens with one attached hydrogen (secondary N) is 1. The zero-order chi connectivity index (χ0) is 20.0. The lowest BCUT2D eigenvalue weighted by atomic mass is 10.1. The molecule has 8 heteroatoms. The van der Waals surface area contributed by atoms with Crippen molar-refractivity contribution in [1.29, 1.82) is 0 Å². The zero-order valence-electron chi connectivity index (χ0n) is 14.7. The number of amides is 1. The van der Waals surface area contributed by atoms with Crippen LogP contribution < -0.4 is 10.1 Å². The van der Waals surface area contributed by atoms with Gasteiger partial charge in [-0.25, -0.2) is 4.79 Å². The monoisotopic (exact) mass is 409 g/mol. The highest BCUT2D eigenvalue weighted by molar-refractivity contribution is 6.34. The van der Waals surface area contributed by atoms with Crippen LogP contribution in [0.1, 0.15) is 34.1 Å². The van der Waals surface area contributed by atoms with Crippen molar-refractivity contribution >= 4 is 46.5 Å². The number of methoxy groups -OCH3 is 1. The minimum Gasteiger partial charge on any atom is -0.496 e. The summed E-state index contributed by atoms with van der Waals surface area (Å²) in [6.45, 7) is 1.21. The Labute approximate surface area is 166 Å². The van der Waals surface area contributed by atoms with Crippen LogP contribution in [-0.2, 0) is 9.53 Å². The second-order valence-corrected chi connectivity index (χ2v) is 6.23. The van der Waals surface area contributed by atoms with Gasteiger partial charge in [0.2, 0.25) is 11.7 Å². The Bertz CT molecular complexity index is 882. The Kier molecular flexibility index (Phi) is 7.21. The fourth-order valence-electron chi connectivity index (χ4n) is 2.19. The van der Waals surface area contributed by atoms with E-state index in [0.717, 1.165) is 0 Å². The number of rotatable bonds is 7. The van der Waals surface area contributed by atoms with Crippen molar-refractivity contribution in [1.82, 2.24) is 0 Å². The van der Waals surface area contributed by atoms with Gasteiger partial charge in [-0.05, 0) is 18.2 Å². The molecule has 0 saturated carbocycles. The normalized spacial score (nSPS) is 10.2. The molecule has 0 aliphatic heterocycles. The van der Waals surface area contributed by atoms with E-state index >= 15 is 0 Å². The quantitative estimate of drug-likeness (QED) is 0.541. The van der Waals surface area contributed by atoms with Crippen molar-refractivity contribution in [2.45, 2.75) is 13.3 Å². The van der Waals surface area contributed by atoms with Crippen molar-refractivity contribution in [2.24, 2.45) is 0 Å². The maximum atomic E-state index is 12.4. The summed E-state index contributed by atoms with van der Waals surface area (Å²) in [5.41, 5.74) is 0.600. The first-order valence-corrected chi connectivity index (χ1v) is 8.75. The van der Waals surface area contributed by atoms with E-state index in [9.17, 15) is 14.4 Å². The Hall–Kier alpha value is -2.57. The van der Waals surface area contributed by atoms with E-state index < -0.39 is 18.4 Å². The van der Waals surface area contributed by atoms with Crippen LogP contribution >= 0.6 is 23.2 Å². The van der Waals surface area contributed by atoms with Crippen LogP contribution in [0.25, 0.3) is 0 Å². The van der Waals surface area contributed by atoms with Crippen LogP contribution in [0.15, 0.2) is 36.4 Å². The van der Waals surface area contributed by atoms with E-state index in [1.165, 1.54) is 19.2 Å². The van der Waals surface area contributed by atoms with Crippen molar-refractivity contribution < 1.29 is 23.9 Å². The molecule has 0 aromatic heterocycles. The predicted molar refractivity (Wildman–Crippen MR) is 103 cm³/mol. The van der Waals surface area contributed by atoms with E-state index in [4.69, 9.17) is 32.7 Å². The first kappa shape index (κ1) is 20.7. The number of carbonyl (C=O) groups excluding carboxylic acids is 3. The highest BCUT2D eigenvalue weighted by Crippen LogP contribution is 2.31. The molecule has 0 aliphatic rings. The molecule has 2 aromatic carbocycles. The molecular formula is C19H17Cl2NO5. The largest absolute Gasteiger partial charge is 0.496 e. The number of benzene rings is 2. The number of esters is 1. The number of carbonyl (C=O) groups is 3. The van der Waals surface area contributed by atoms with E-state index in [2.05, 4.69) is 5.32 Å². The maximum absolute atomic E-state index is 12.4. The van der Waals surface area contributed by atoms with Gasteiger partial charge >= 0.3 is 5.97 Å². The summed E-state index contributed by atoms with van der Waals surface area (Å²) < 4.78 is 10.2. The van der Waals surface area contributed by atoms with Crippen molar-refractivity contribution in [3.05, 3.63) is 57.6 Å².